The number of aryl methyl sites for hydroxylation is 1. The molecule has 0 aliphatic carbocycles. The monoisotopic (exact) mass is 216 g/mol. The van der Waals surface area contributed by atoms with Crippen LogP contribution in [0.5, 0.6) is 5.75 Å². The highest BCUT2D eigenvalue weighted by atomic mass is 19.1. The minimum Gasteiger partial charge on any atom is -0.496 e. The van der Waals surface area contributed by atoms with E-state index in [2.05, 4.69) is 0 Å². The number of benzene rings is 2. The van der Waals surface area contributed by atoms with Crippen molar-refractivity contribution in [3.8, 4) is 16.9 Å². The quantitative estimate of drug-likeness (QED) is 0.741. The van der Waals surface area contributed by atoms with Gasteiger partial charge in [0.25, 0.3) is 0 Å². The lowest BCUT2D eigenvalue weighted by Gasteiger charge is -2.08. The Morgan fingerprint density at radius 2 is 1.69 bits per heavy atom. The highest BCUT2D eigenvalue weighted by Gasteiger charge is 2.06. The van der Waals surface area contributed by atoms with Crippen LogP contribution in [0.15, 0.2) is 42.5 Å². The SMILES string of the molecule is COc1ccc(F)cc1-c1ccc(C)cc1. The van der Waals surface area contributed by atoms with Crippen molar-refractivity contribution in [1.29, 1.82) is 0 Å². The summed E-state index contributed by atoms with van der Waals surface area (Å²) in [6.45, 7) is 2.02. The zero-order chi connectivity index (χ0) is 11.5. The molecule has 2 aromatic carbocycles. The first-order valence-corrected chi connectivity index (χ1v) is 5.11. The average Bonchev–Trinajstić information content (AvgIpc) is 2.30. The summed E-state index contributed by atoms with van der Waals surface area (Å²) in [7, 11) is 1.59. The van der Waals surface area contributed by atoms with Crippen molar-refractivity contribution in [2.75, 3.05) is 7.11 Å². The van der Waals surface area contributed by atoms with E-state index in [-0.39, 0.29) is 5.82 Å². The molecule has 2 rings (SSSR count). The van der Waals surface area contributed by atoms with Crippen molar-refractivity contribution >= 4 is 0 Å². The maximum absolute atomic E-state index is 13.2. The molecule has 0 saturated carbocycles. The lowest BCUT2D eigenvalue weighted by atomic mass is 10.0. The van der Waals surface area contributed by atoms with E-state index < -0.39 is 0 Å². The van der Waals surface area contributed by atoms with E-state index in [1.165, 1.54) is 17.7 Å². The van der Waals surface area contributed by atoms with Gasteiger partial charge in [0.05, 0.1) is 7.11 Å². The van der Waals surface area contributed by atoms with Gasteiger partial charge in [-0.15, -0.1) is 0 Å². The first kappa shape index (κ1) is 10.7. The Balaban J connectivity index is 2.53. The molecule has 0 N–H and O–H groups in total. The van der Waals surface area contributed by atoms with Crippen LogP contribution in [0.1, 0.15) is 5.56 Å². The lowest BCUT2D eigenvalue weighted by Crippen LogP contribution is -1.89. The molecule has 0 heterocycles. The van der Waals surface area contributed by atoms with E-state index in [0.29, 0.717) is 5.75 Å². The van der Waals surface area contributed by atoms with Crippen molar-refractivity contribution in [2.24, 2.45) is 0 Å². The van der Waals surface area contributed by atoms with Gasteiger partial charge in [-0.05, 0) is 30.7 Å². The van der Waals surface area contributed by atoms with Crippen molar-refractivity contribution in [3.05, 3.63) is 53.8 Å². The first-order chi connectivity index (χ1) is 7.70. The van der Waals surface area contributed by atoms with Gasteiger partial charge < -0.3 is 4.74 Å². The predicted molar refractivity (Wildman–Crippen MR) is 63.1 cm³/mol. The molecule has 1 nitrogen and oxygen atoms in total. The van der Waals surface area contributed by atoms with Gasteiger partial charge in [-0.3, -0.25) is 0 Å². The maximum Gasteiger partial charge on any atom is 0.126 e. The molecule has 0 fully saturated rings. The predicted octanol–water partition coefficient (Wildman–Crippen LogP) is 3.81. The first-order valence-electron chi connectivity index (χ1n) is 5.11. The summed E-state index contributed by atoms with van der Waals surface area (Å²) in [4.78, 5) is 0. The fourth-order valence-electron chi connectivity index (χ4n) is 1.64. The number of rotatable bonds is 2. The van der Waals surface area contributed by atoms with Gasteiger partial charge in [-0.25, -0.2) is 4.39 Å². The van der Waals surface area contributed by atoms with Crippen molar-refractivity contribution in [1.82, 2.24) is 0 Å². The Kier molecular flexibility index (Phi) is 2.91. The van der Waals surface area contributed by atoms with Gasteiger partial charge in [0.1, 0.15) is 11.6 Å². The fraction of sp³-hybridized carbons (Fsp3) is 0.143. The second-order valence-electron chi connectivity index (χ2n) is 3.71. The molecule has 0 saturated heterocycles. The van der Waals surface area contributed by atoms with Crippen molar-refractivity contribution in [2.45, 2.75) is 6.92 Å². The average molecular weight is 216 g/mol. The molecule has 0 aliphatic rings. The molecule has 0 radical (unpaired) electrons. The van der Waals surface area contributed by atoms with E-state index in [9.17, 15) is 4.39 Å². The van der Waals surface area contributed by atoms with Gasteiger partial charge >= 0.3 is 0 Å². The highest BCUT2D eigenvalue weighted by Crippen LogP contribution is 2.30. The van der Waals surface area contributed by atoms with Crippen LogP contribution in [-0.4, -0.2) is 7.11 Å². The van der Waals surface area contributed by atoms with Gasteiger partial charge in [0.2, 0.25) is 0 Å². The molecule has 0 amide bonds. The number of halogens is 1. The summed E-state index contributed by atoms with van der Waals surface area (Å²) in [6, 6.07) is 12.5. The van der Waals surface area contributed by atoms with E-state index in [1.807, 2.05) is 31.2 Å². The molecule has 0 atom stereocenters. The fourth-order valence-corrected chi connectivity index (χ4v) is 1.64. The molecule has 0 bridgehead atoms. The van der Waals surface area contributed by atoms with E-state index in [0.717, 1.165) is 11.1 Å². The zero-order valence-electron chi connectivity index (χ0n) is 9.33. The van der Waals surface area contributed by atoms with Crippen LogP contribution in [0.2, 0.25) is 0 Å². The second-order valence-corrected chi connectivity index (χ2v) is 3.71. The van der Waals surface area contributed by atoms with Crippen LogP contribution >= 0.6 is 0 Å². The Labute approximate surface area is 94.5 Å². The Morgan fingerprint density at radius 1 is 1.00 bits per heavy atom. The van der Waals surface area contributed by atoms with Crippen molar-refractivity contribution in [3.63, 3.8) is 0 Å². The number of hydrogen-bond acceptors (Lipinski definition) is 1. The normalized spacial score (nSPS) is 10.2. The van der Waals surface area contributed by atoms with Crippen LogP contribution < -0.4 is 4.74 Å². The highest BCUT2D eigenvalue weighted by molar-refractivity contribution is 5.70. The summed E-state index contributed by atoms with van der Waals surface area (Å²) in [5, 5.41) is 0. The largest absolute Gasteiger partial charge is 0.496 e. The number of methoxy groups -OCH3 is 1. The van der Waals surface area contributed by atoms with Gasteiger partial charge in [0.15, 0.2) is 0 Å². The standard InChI is InChI=1S/C14H13FO/c1-10-3-5-11(6-4-10)13-9-12(15)7-8-14(13)16-2/h3-9H,1-2H3. The smallest absolute Gasteiger partial charge is 0.126 e. The van der Waals surface area contributed by atoms with E-state index >= 15 is 0 Å². The second kappa shape index (κ2) is 4.35. The van der Waals surface area contributed by atoms with Crippen LogP contribution in [0.25, 0.3) is 11.1 Å². The molecule has 82 valence electrons. The molecule has 0 spiro atoms. The minimum atomic E-state index is -0.253. The topological polar surface area (TPSA) is 9.23 Å². The summed E-state index contributed by atoms with van der Waals surface area (Å²) in [5.74, 6) is 0.432. The third-order valence-electron chi connectivity index (χ3n) is 2.52. The zero-order valence-corrected chi connectivity index (χ0v) is 9.33. The van der Waals surface area contributed by atoms with Crippen LogP contribution in [0, 0.1) is 12.7 Å². The molecular weight excluding hydrogens is 203 g/mol. The summed E-state index contributed by atoms with van der Waals surface area (Å²) >= 11 is 0. The summed E-state index contributed by atoms with van der Waals surface area (Å²) < 4.78 is 18.4. The molecule has 16 heavy (non-hydrogen) atoms. The maximum atomic E-state index is 13.2. The van der Waals surface area contributed by atoms with Gasteiger partial charge in [-0.2, -0.15) is 0 Å². The molecule has 0 unspecified atom stereocenters. The third-order valence-corrected chi connectivity index (χ3v) is 2.52. The van der Waals surface area contributed by atoms with E-state index in [1.54, 1.807) is 13.2 Å². The Morgan fingerprint density at radius 3 is 2.31 bits per heavy atom. The Hall–Kier alpha value is -1.83. The lowest BCUT2D eigenvalue weighted by molar-refractivity contribution is 0.415. The molecule has 0 aromatic heterocycles. The van der Waals surface area contributed by atoms with Crippen LogP contribution in [-0.2, 0) is 0 Å². The van der Waals surface area contributed by atoms with Crippen molar-refractivity contribution < 1.29 is 9.13 Å². The van der Waals surface area contributed by atoms with Gasteiger partial charge in [0, 0.05) is 5.56 Å². The summed E-state index contributed by atoms with van der Waals surface area (Å²) in [6.07, 6.45) is 0. The molecular formula is C14H13FO. The van der Waals surface area contributed by atoms with Crippen LogP contribution in [0.4, 0.5) is 4.39 Å². The molecule has 2 heteroatoms. The third kappa shape index (κ3) is 2.06. The minimum absolute atomic E-state index is 0.253. The van der Waals surface area contributed by atoms with E-state index in [4.69, 9.17) is 4.74 Å². The number of ether oxygens (including phenoxy) is 1. The summed E-state index contributed by atoms with van der Waals surface area (Å²) in [5.41, 5.74) is 2.92. The number of hydrogen-bond donors (Lipinski definition) is 0. The van der Waals surface area contributed by atoms with Gasteiger partial charge in [-0.1, -0.05) is 29.8 Å². The Bertz CT molecular complexity index is 489. The van der Waals surface area contributed by atoms with Crippen LogP contribution in [0.3, 0.4) is 0 Å². The molecule has 2 aromatic rings. The molecule has 0 aliphatic heterocycles.